The lowest BCUT2D eigenvalue weighted by molar-refractivity contribution is -0.235. The summed E-state index contributed by atoms with van der Waals surface area (Å²) in [6.45, 7) is 1.18. The molecule has 0 fully saturated rings. The van der Waals surface area contributed by atoms with Crippen molar-refractivity contribution in [2.75, 3.05) is 20.3 Å². The lowest BCUT2D eigenvalue weighted by Crippen LogP contribution is -2.27. The Kier molecular flexibility index (Phi) is 1.78. The zero-order valence-corrected chi connectivity index (χ0v) is 8.27. The van der Waals surface area contributed by atoms with Crippen LogP contribution in [-0.4, -0.2) is 31.3 Å². The van der Waals surface area contributed by atoms with Crippen LogP contribution in [-0.2, 0) is 4.84 Å². The lowest BCUT2D eigenvalue weighted by Gasteiger charge is -2.12. The number of hydrogen-bond acceptors (Lipinski definition) is 5. The smallest absolute Gasteiger partial charge is 0.205 e. The Morgan fingerprint density at radius 2 is 2.27 bits per heavy atom. The summed E-state index contributed by atoms with van der Waals surface area (Å²) in [4.78, 5) is 14.9. The number of benzene rings is 1. The minimum Gasteiger partial charge on any atom is -0.491 e. The van der Waals surface area contributed by atoms with E-state index in [1.54, 1.807) is 7.11 Å². The maximum absolute atomic E-state index is 5.56. The Morgan fingerprint density at radius 1 is 1.40 bits per heavy atom. The van der Waals surface area contributed by atoms with Crippen LogP contribution in [0.2, 0.25) is 0 Å². The predicted molar refractivity (Wildman–Crippen MR) is 52.8 cm³/mol. The van der Waals surface area contributed by atoms with Crippen molar-refractivity contribution in [1.82, 2.24) is 5.23 Å². The highest BCUT2D eigenvalue weighted by molar-refractivity contribution is 6.04. The van der Waals surface area contributed by atoms with Crippen LogP contribution in [0.1, 0.15) is 5.56 Å². The molecule has 0 unspecified atom stereocenters. The second-order valence-corrected chi connectivity index (χ2v) is 3.21. The summed E-state index contributed by atoms with van der Waals surface area (Å²) >= 11 is 0. The van der Waals surface area contributed by atoms with Gasteiger partial charge in [0, 0.05) is 0 Å². The maximum Gasteiger partial charge on any atom is 0.205 e. The molecule has 0 N–H and O–H groups in total. The number of amidine groups is 1. The van der Waals surface area contributed by atoms with Gasteiger partial charge >= 0.3 is 0 Å². The lowest BCUT2D eigenvalue weighted by atomic mass is 10.2. The monoisotopic (exact) mass is 206 g/mol. The summed E-state index contributed by atoms with van der Waals surface area (Å²) in [7, 11) is 1.54. The first-order valence-corrected chi connectivity index (χ1v) is 4.73. The van der Waals surface area contributed by atoms with Crippen molar-refractivity contribution in [1.29, 1.82) is 0 Å². The average Bonchev–Trinajstić information content (AvgIpc) is 2.47. The van der Waals surface area contributed by atoms with Gasteiger partial charge in [-0.25, -0.2) is 4.84 Å². The molecule has 0 bridgehead atoms. The number of nitrogens with zero attached hydrogens (tertiary/aromatic N) is 2. The molecule has 15 heavy (non-hydrogen) atoms. The van der Waals surface area contributed by atoms with E-state index in [4.69, 9.17) is 14.4 Å². The van der Waals surface area contributed by atoms with E-state index in [9.17, 15) is 0 Å². The highest BCUT2D eigenvalue weighted by Gasteiger charge is 2.32. The van der Waals surface area contributed by atoms with Crippen molar-refractivity contribution in [3.8, 4) is 11.5 Å². The normalized spacial score (nSPS) is 17.4. The molecule has 0 radical (unpaired) electrons. The van der Waals surface area contributed by atoms with Gasteiger partial charge in [-0.2, -0.15) is 0 Å². The van der Waals surface area contributed by atoms with Crippen LogP contribution in [0.3, 0.4) is 0 Å². The molecule has 1 aromatic rings. The molecule has 5 nitrogen and oxygen atoms in total. The summed E-state index contributed by atoms with van der Waals surface area (Å²) in [6.07, 6.45) is 0. The van der Waals surface area contributed by atoms with E-state index in [2.05, 4.69) is 4.99 Å². The summed E-state index contributed by atoms with van der Waals surface area (Å²) in [6, 6.07) is 5.65. The number of ether oxygens (including phenoxy) is 1. The SMILES string of the molecule is CON1Oc2cccc3c2C1=NCCO3. The van der Waals surface area contributed by atoms with E-state index >= 15 is 0 Å². The Balaban J connectivity index is 2.18. The molecule has 2 aliphatic heterocycles. The number of hydrogen-bond donors (Lipinski definition) is 0. The molecule has 0 amide bonds. The van der Waals surface area contributed by atoms with E-state index < -0.39 is 0 Å². The third kappa shape index (κ3) is 1.16. The molecule has 78 valence electrons. The van der Waals surface area contributed by atoms with E-state index in [1.807, 2.05) is 18.2 Å². The van der Waals surface area contributed by atoms with Crippen LogP contribution in [0.4, 0.5) is 0 Å². The molecule has 0 atom stereocenters. The molecule has 0 aromatic heterocycles. The second-order valence-electron chi connectivity index (χ2n) is 3.21. The summed E-state index contributed by atoms with van der Waals surface area (Å²) in [5.74, 6) is 2.19. The molecule has 2 heterocycles. The van der Waals surface area contributed by atoms with Gasteiger partial charge in [0.1, 0.15) is 17.9 Å². The van der Waals surface area contributed by atoms with E-state index in [0.29, 0.717) is 19.0 Å². The average molecular weight is 206 g/mol. The molecule has 3 rings (SSSR count). The predicted octanol–water partition coefficient (Wildman–Crippen LogP) is 0.996. The van der Waals surface area contributed by atoms with Gasteiger partial charge in [-0.3, -0.25) is 4.99 Å². The topological polar surface area (TPSA) is 43.3 Å². The maximum atomic E-state index is 5.56. The van der Waals surface area contributed by atoms with Gasteiger partial charge in [0.15, 0.2) is 5.75 Å². The van der Waals surface area contributed by atoms with Crippen LogP contribution >= 0.6 is 0 Å². The molecule has 0 saturated carbocycles. The van der Waals surface area contributed by atoms with Gasteiger partial charge in [0.25, 0.3) is 0 Å². The Labute approximate surface area is 86.8 Å². The van der Waals surface area contributed by atoms with Gasteiger partial charge in [0.05, 0.1) is 13.7 Å². The summed E-state index contributed by atoms with van der Waals surface area (Å²) < 4.78 is 5.56. The molecule has 0 spiro atoms. The molecular formula is C10H10N2O3. The Bertz CT molecular complexity index is 431. The fourth-order valence-corrected chi connectivity index (χ4v) is 1.72. The number of hydroxylamine groups is 2. The first-order valence-electron chi connectivity index (χ1n) is 4.73. The standard InChI is InChI=1S/C10H10N2O3/c1-13-12-10-9-7(14-6-5-11-10)3-2-4-8(9)15-12/h2-4H,5-6H2,1H3. The Hall–Kier alpha value is -1.75. The fraction of sp³-hybridized carbons (Fsp3) is 0.300. The summed E-state index contributed by atoms with van der Waals surface area (Å²) in [5.41, 5.74) is 0.872. The zero-order chi connectivity index (χ0) is 10.3. The van der Waals surface area contributed by atoms with Crippen molar-refractivity contribution in [3.63, 3.8) is 0 Å². The highest BCUT2D eigenvalue weighted by Crippen LogP contribution is 2.36. The molecule has 2 aliphatic rings. The van der Waals surface area contributed by atoms with Gasteiger partial charge in [0.2, 0.25) is 5.84 Å². The van der Waals surface area contributed by atoms with Gasteiger partial charge in [-0.05, 0) is 12.1 Å². The highest BCUT2D eigenvalue weighted by atomic mass is 17.0. The van der Waals surface area contributed by atoms with Crippen LogP contribution < -0.4 is 9.57 Å². The fourth-order valence-electron chi connectivity index (χ4n) is 1.72. The third-order valence-electron chi connectivity index (χ3n) is 2.34. The number of aliphatic imine (C=N–C) groups is 1. The van der Waals surface area contributed by atoms with E-state index in [1.165, 1.54) is 5.23 Å². The van der Waals surface area contributed by atoms with Crippen molar-refractivity contribution in [2.45, 2.75) is 0 Å². The minimum atomic E-state index is 0.581. The van der Waals surface area contributed by atoms with Gasteiger partial charge < -0.3 is 9.57 Å². The molecule has 5 heteroatoms. The second kappa shape index (κ2) is 3.13. The van der Waals surface area contributed by atoms with Gasteiger partial charge in [-0.1, -0.05) is 11.3 Å². The quantitative estimate of drug-likeness (QED) is 0.687. The molecule has 0 aliphatic carbocycles. The molecule has 1 aromatic carbocycles. The molecule has 0 saturated heterocycles. The zero-order valence-electron chi connectivity index (χ0n) is 8.27. The minimum absolute atomic E-state index is 0.581. The molecular weight excluding hydrogens is 196 g/mol. The number of rotatable bonds is 1. The van der Waals surface area contributed by atoms with Crippen LogP contribution in [0.15, 0.2) is 23.2 Å². The third-order valence-corrected chi connectivity index (χ3v) is 2.34. The van der Waals surface area contributed by atoms with Crippen molar-refractivity contribution >= 4 is 5.84 Å². The first-order chi connectivity index (χ1) is 7.40. The van der Waals surface area contributed by atoms with Crippen molar-refractivity contribution < 1.29 is 14.4 Å². The van der Waals surface area contributed by atoms with Crippen LogP contribution in [0, 0.1) is 0 Å². The summed E-state index contributed by atoms with van der Waals surface area (Å²) in [5, 5.41) is 1.31. The Morgan fingerprint density at radius 3 is 3.13 bits per heavy atom. The van der Waals surface area contributed by atoms with Crippen LogP contribution in [0.5, 0.6) is 11.5 Å². The largest absolute Gasteiger partial charge is 0.491 e. The van der Waals surface area contributed by atoms with E-state index in [0.717, 1.165) is 17.1 Å². The van der Waals surface area contributed by atoms with E-state index in [-0.39, 0.29) is 0 Å². The van der Waals surface area contributed by atoms with Crippen LogP contribution in [0.25, 0.3) is 0 Å². The van der Waals surface area contributed by atoms with Crippen molar-refractivity contribution in [2.24, 2.45) is 4.99 Å². The van der Waals surface area contributed by atoms with Gasteiger partial charge in [-0.15, -0.1) is 0 Å². The van der Waals surface area contributed by atoms with Crippen molar-refractivity contribution in [3.05, 3.63) is 23.8 Å². The first kappa shape index (κ1) is 8.55.